The Bertz CT molecular complexity index is 843. The summed E-state index contributed by atoms with van der Waals surface area (Å²) in [5.41, 5.74) is 0.486. The van der Waals surface area contributed by atoms with Crippen LogP contribution in [0.4, 0.5) is 0 Å². The van der Waals surface area contributed by atoms with Crippen molar-refractivity contribution in [1.82, 2.24) is 9.55 Å². The molecule has 4 nitrogen and oxygen atoms in total. The molecule has 0 aliphatic heterocycles. The molecule has 0 aliphatic rings. The fraction of sp³-hybridized carbons (Fsp3) is 0.0714. The fourth-order valence-corrected chi connectivity index (χ4v) is 2.03. The van der Waals surface area contributed by atoms with Crippen LogP contribution in [0, 0.1) is 11.3 Å². The van der Waals surface area contributed by atoms with Gasteiger partial charge in [-0.1, -0.05) is 24.3 Å². The standard InChI is InChI=1S/C14H9N3O/c15-5-6-17-9-16-13-8-11-4-2-1-3-10(11)7-12(13)14(17)18/h1-4,7-9H,6H2. The number of hydrogen-bond acceptors (Lipinski definition) is 3. The smallest absolute Gasteiger partial charge is 0.262 e. The molecule has 0 amide bonds. The topological polar surface area (TPSA) is 58.7 Å². The molecule has 0 saturated heterocycles. The predicted octanol–water partition coefficient (Wildman–Crippen LogP) is 2.07. The third-order valence-electron chi connectivity index (χ3n) is 2.93. The van der Waals surface area contributed by atoms with E-state index >= 15 is 0 Å². The molecule has 1 aromatic heterocycles. The fourth-order valence-electron chi connectivity index (χ4n) is 2.03. The first kappa shape index (κ1) is 10.5. The van der Waals surface area contributed by atoms with Gasteiger partial charge in [0, 0.05) is 0 Å². The van der Waals surface area contributed by atoms with E-state index in [1.165, 1.54) is 10.9 Å². The average molecular weight is 235 g/mol. The highest BCUT2D eigenvalue weighted by atomic mass is 16.1. The second kappa shape index (κ2) is 3.97. The van der Waals surface area contributed by atoms with Gasteiger partial charge >= 0.3 is 0 Å². The molecule has 4 heteroatoms. The van der Waals surface area contributed by atoms with Crippen molar-refractivity contribution >= 4 is 21.7 Å². The van der Waals surface area contributed by atoms with Crippen molar-refractivity contribution in [2.45, 2.75) is 6.54 Å². The molecular formula is C14H9N3O. The van der Waals surface area contributed by atoms with Crippen LogP contribution in [0.2, 0.25) is 0 Å². The number of rotatable bonds is 1. The van der Waals surface area contributed by atoms with Gasteiger partial charge in [0.1, 0.15) is 6.54 Å². The van der Waals surface area contributed by atoms with Crippen molar-refractivity contribution in [3.05, 3.63) is 53.1 Å². The van der Waals surface area contributed by atoms with Gasteiger partial charge in [0.05, 0.1) is 23.3 Å². The first-order valence-electron chi connectivity index (χ1n) is 5.54. The molecule has 0 atom stereocenters. The van der Waals surface area contributed by atoms with Crippen LogP contribution in [0.3, 0.4) is 0 Å². The summed E-state index contributed by atoms with van der Waals surface area (Å²) < 4.78 is 1.32. The molecule has 0 unspecified atom stereocenters. The van der Waals surface area contributed by atoms with Crippen LogP contribution in [-0.2, 0) is 6.54 Å². The molecule has 3 rings (SSSR count). The Hall–Kier alpha value is -2.67. The van der Waals surface area contributed by atoms with Crippen molar-refractivity contribution in [3.8, 4) is 6.07 Å². The van der Waals surface area contributed by atoms with Crippen LogP contribution < -0.4 is 5.56 Å². The van der Waals surface area contributed by atoms with E-state index in [1.807, 2.05) is 42.5 Å². The van der Waals surface area contributed by atoms with Gasteiger partial charge in [0.25, 0.3) is 5.56 Å². The Labute approximate surface area is 103 Å². The highest BCUT2D eigenvalue weighted by molar-refractivity contribution is 5.95. The predicted molar refractivity (Wildman–Crippen MR) is 69.1 cm³/mol. The molecule has 0 spiro atoms. The van der Waals surface area contributed by atoms with Crippen molar-refractivity contribution in [1.29, 1.82) is 5.26 Å². The lowest BCUT2D eigenvalue weighted by atomic mass is 10.1. The zero-order chi connectivity index (χ0) is 12.5. The molecule has 1 heterocycles. The molecule has 18 heavy (non-hydrogen) atoms. The summed E-state index contributed by atoms with van der Waals surface area (Å²) in [6.07, 6.45) is 1.42. The molecule has 0 N–H and O–H groups in total. The van der Waals surface area contributed by atoms with Gasteiger partial charge in [-0.2, -0.15) is 5.26 Å². The summed E-state index contributed by atoms with van der Waals surface area (Å²) in [6.45, 7) is 0.0224. The Morgan fingerprint density at radius 2 is 1.94 bits per heavy atom. The summed E-state index contributed by atoms with van der Waals surface area (Å²) in [4.78, 5) is 16.4. The Morgan fingerprint density at radius 3 is 2.67 bits per heavy atom. The highest BCUT2D eigenvalue weighted by Crippen LogP contribution is 2.18. The number of aromatic nitrogens is 2. The van der Waals surface area contributed by atoms with E-state index in [2.05, 4.69) is 4.98 Å². The Morgan fingerprint density at radius 1 is 1.22 bits per heavy atom. The van der Waals surface area contributed by atoms with Crippen molar-refractivity contribution in [3.63, 3.8) is 0 Å². The first-order valence-corrected chi connectivity index (χ1v) is 5.54. The van der Waals surface area contributed by atoms with Crippen LogP contribution in [0.5, 0.6) is 0 Å². The third-order valence-corrected chi connectivity index (χ3v) is 2.93. The number of benzene rings is 2. The maximum Gasteiger partial charge on any atom is 0.262 e. The van der Waals surface area contributed by atoms with Gasteiger partial charge in [-0.05, 0) is 22.9 Å². The second-order valence-electron chi connectivity index (χ2n) is 4.05. The molecule has 0 radical (unpaired) electrons. The maximum atomic E-state index is 12.1. The van der Waals surface area contributed by atoms with E-state index in [0.717, 1.165) is 10.8 Å². The van der Waals surface area contributed by atoms with Gasteiger partial charge in [0.15, 0.2) is 0 Å². The molecule has 0 bridgehead atoms. The molecule has 86 valence electrons. The molecular weight excluding hydrogens is 226 g/mol. The lowest BCUT2D eigenvalue weighted by Gasteiger charge is -2.04. The van der Waals surface area contributed by atoms with Gasteiger partial charge < -0.3 is 0 Å². The van der Waals surface area contributed by atoms with Crippen LogP contribution in [-0.4, -0.2) is 9.55 Å². The van der Waals surface area contributed by atoms with Gasteiger partial charge in [-0.25, -0.2) is 4.98 Å². The van der Waals surface area contributed by atoms with Crippen LogP contribution in [0.1, 0.15) is 0 Å². The average Bonchev–Trinajstić information content (AvgIpc) is 2.41. The zero-order valence-corrected chi connectivity index (χ0v) is 9.50. The summed E-state index contributed by atoms with van der Waals surface area (Å²) in [5, 5.41) is 11.2. The minimum Gasteiger partial charge on any atom is -0.285 e. The molecule has 0 fully saturated rings. The summed E-state index contributed by atoms with van der Waals surface area (Å²) in [6, 6.07) is 13.5. The van der Waals surface area contributed by atoms with Crippen LogP contribution >= 0.6 is 0 Å². The number of fused-ring (bicyclic) bond motifs is 2. The Balaban J connectivity index is 2.41. The zero-order valence-electron chi connectivity index (χ0n) is 9.50. The third kappa shape index (κ3) is 1.54. The molecule has 3 aromatic rings. The van der Waals surface area contributed by atoms with Crippen molar-refractivity contribution < 1.29 is 0 Å². The van der Waals surface area contributed by atoms with Gasteiger partial charge in [0.2, 0.25) is 0 Å². The summed E-state index contributed by atoms with van der Waals surface area (Å²) in [7, 11) is 0. The van der Waals surface area contributed by atoms with E-state index in [1.54, 1.807) is 0 Å². The monoisotopic (exact) mass is 235 g/mol. The lowest BCUT2D eigenvalue weighted by molar-refractivity contribution is 0.776. The molecule has 2 aromatic carbocycles. The molecule has 0 saturated carbocycles. The number of hydrogen-bond donors (Lipinski definition) is 0. The largest absolute Gasteiger partial charge is 0.285 e. The van der Waals surface area contributed by atoms with E-state index in [9.17, 15) is 4.79 Å². The van der Waals surface area contributed by atoms with Crippen LogP contribution in [0.25, 0.3) is 21.7 Å². The first-order chi connectivity index (χ1) is 8.79. The normalized spacial score (nSPS) is 10.6. The summed E-state index contributed by atoms with van der Waals surface area (Å²) in [5.74, 6) is 0. The van der Waals surface area contributed by atoms with Gasteiger partial charge in [-0.15, -0.1) is 0 Å². The number of nitrogens with zero attached hydrogens (tertiary/aromatic N) is 3. The van der Waals surface area contributed by atoms with Gasteiger partial charge in [-0.3, -0.25) is 9.36 Å². The van der Waals surface area contributed by atoms with E-state index in [4.69, 9.17) is 5.26 Å². The highest BCUT2D eigenvalue weighted by Gasteiger charge is 2.05. The van der Waals surface area contributed by atoms with Crippen molar-refractivity contribution in [2.24, 2.45) is 0 Å². The Kier molecular flexibility index (Phi) is 2.31. The SMILES string of the molecule is N#CCn1cnc2cc3ccccc3cc2c1=O. The van der Waals surface area contributed by atoms with Crippen molar-refractivity contribution in [2.75, 3.05) is 0 Å². The maximum absolute atomic E-state index is 12.1. The van der Waals surface area contributed by atoms with E-state index < -0.39 is 0 Å². The van der Waals surface area contributed by atoms with E-state index in [-0.39, 0.29) is 12.1 Å². The second-order valence-corrected chi connectivity index (χ2v) is 4.05. The van der Waals surface area contributed by atoms with E-state index in [0.29, 0.717) is 10.9 Å². The van der Waals surface area contributed by atoms with Crippen LogP contribution in [0.15, 0.2) is 47.5 Å². The lowest BCUT2D eigenvalue weighted by Crippen LogP contribution is -2.19. The quantitative estimate of drug-likeness (QED) is 0.607. The minimum atomic E-state index is -0.174. The minimum absolute atomic E-state index is 0.0224. The number of nitriles is 1. The molecule has 0 aliphatic carbocycles. The summed E-state index contributed by atoms with van der Waals surface area (Å²) >= 11 is 0.